The number of rotatable bonds is 7. The van der Waals surface area contributed by atoms with Crippen molar-refractivity contribution in [1.82, 2.24) is 0 Å². The molecule has 2 aromatic rings. The molecule has 0 aliphatic rings. The Balaban J connectivity index is 2.29. The first-order valence-corrected chi connectivity index (χ1v) is 9.01. The highest BCUT2D eigenvalue weighted by Gasteiger charge is 2.22. The highest BCUT2D eigenvalue weighted by molar-refractivity contribution is 7.16. The van der Waals surface area contributed by atoms with Crippen molar-refractivity contribution < 1.29 is 33.3 Å². The number of anilines is 1. The van der Waals surface area contributed by atoms with Crippen molar-refractivity contribution in [3.8, 4) is 11.5 Å². The van der Waals surface area contributed by atoms with E-state index in [0.717, 1.165) is 10.4 Å². The quantitative estimate of drug-likeness (QED) is 0.704. The predicted octanol–water partition coefficient (Wildman–Crippen LogP) is 2.96. The van der Waals surface area contributed by atoms with E-state index in [1.54, 1.807) is 19.1 Å². The van der Waals surface area contributed by atoms with Crippen LogP contribution in [0.3, 0.4) is 0 Å². The summed E-state index contributed by atoms with van der Waals surface area (Å²) in [5.74, 6) is -0.957. The Hall–Kier alpha value is -3.07. The Kier molecular flexibility index (Phi) is 7.00. The zero-order valence-corrected chi connectivity index (χ0v) is 17.0. The van der Waals surface area contributed by atoms with Crippen LogP contribution in [0, 0.1) is 13.8 Å². The van der Waals surface area contributed by atoms with Gasteiger partial charge in [0, 0.05) is 10.4 Å². The van der Waals surface area contributed by atoms with Gasteiger partial charge in [-0.25, -0.2) is 9.59 Å². The standard InChI is InChI=1S/C19H21NO7S/c1-10-11(2)28-18(16(10)19(23)26-5)20-17(22)12-6-7-13(24-3)14(8-12)27-9-15(21)25-4/h6-8H,9H2,1-5H3,(H,20,22). The molecule has 150 valence electrons. The van der Waals surface area contributed by atoms with Crippen molar-refractivity contribution in [3.05, 3.63) is 39.8 Å². The van der Waals surface area contributed by atoms with E-state index < -0.39 is 17.8 Å². The predicted molar refractivity (Wildman–Crippen MR) is 104 cm³/mol. The van der Waals surface area contributed by atoms with E-state index >= 15 is 0 Å². The van der Waals surface area contributed by atoms with E-state index in [2.05, 4.69) is 10.1 Å². The summed E-state index contributed by atoms with van der Waals surface area (Å²) >= 11 is 1.29. The lowest BCUT2D eigenvalue weighted by Crippen LogP contribution is -2.16. The van der Waals surface area contributed by atoms with Gasteiger partial charge < -0.3 is 24.3 Å². The molecule has 0 saturated carbocycles. The molecule has 0 aliphatic heterocycles. The summed E-state index contributed by atoms with van der Waals surface area (Å²) < 4.78 is 19.9. The summed E-state index contributed by atoms with van der Waals surface area (Å²) in [6.45, 7) is 3.32. The van der Waals surface area contributed by atoms with E-state index in [4.69, 9.17) is 14.2 Å². The van der Waals surface area contributed by atoms with Crippen molar-refractivity contribution in [2.45, 2.75) is 13.8 Å². The molecule has 0 saturated heterocycles. The Labute approximate surface area is 166 Å². The largest absolute Gasteiger partial charge is 0.493 e. The molecule has 8 nitrogen and oxygen atoms in total. The van der Waals surface area contributed by atoms with Gasteiger partial charge in [0.25, 0.3) is 5.91 Å². The molecule has 0 aliphatic carbocycles. The van der Waals surface area contributed by atoms with Gasteiger partial charge >= 0.3 is 11.9 Å². The van der Waals surface area contributed by atoms with Crippen LogP contribution in [0.15, 0.2) is 18.2 Å². The number of esters is 2. The molecular formula is C19H21NO7S. The van der Waals surface area contributed by atoms with Gasteiger partial charge in [-0.3, -0.25) is 4.79 Å². The summed E-state index contributed by atoms with van der Waals surface area (Å²) in [6.07, 6.45) is 0. The molecule has 1 N–H and O–H groups in total. The van der Waals surface area contributed by atoms with Crippen molar-refractivity contribution in [2.75, 3.05) is 33.3 Å². The molecule has 0 unspecified atom stereocenters. The molecule has 0 bridgehead atoms. The zero-order chi connectivity index (χ0) is 20.8. The molecular weight excluding hydrogens is 386 g/mol. The normalized spacial score (nSPS) is 10.2. The highest BCUT2D eigenvalue weighted by atomic mass is 32.1. The number of carbonyl (C=O) groups excluding carboxylic acids is 3. The van der Waals surface area contributed by atoms with Gasteiger partial charge in [-0.05, 0) is 37.6 Å². The smallest absolute Gasteiger partial charge is 0.343 e. The summed E-state index contributed by atoms with van der Waals surface area (Å²) in [5.41, 5.74) is 1.35. The van der Waals surface area contributed by atoms with E-state index in [9.17, 15) is 14.4 Å². The first kappa shape index (κ1) is 21.2. The Morgan fingerprint density at radius 1 is 1.04 bits per heavy atom. The molecule has 1 heterocycles. The molecule has 9 heteroatoms. The number of hydrogen-bond acceptors (Lipinski definition) is 8. The van der Waals surface area contributed by atoms with E-state index in [-0.39, 0.29) is 17.9 Å². The lowest BCUT2D eigenvalue weighted by molar-refractivity contribution is -0.142. The summed E-state index contributed by atoms with van der Waals surface area (Å²) in [6, 6.07) is 4.54. The first-order chi connectivity index (χ1) is 13.3. The lowest BCUT2D eigenvalue weighted by Gasteiger charge is -2.12. The van der Waals surface area contributed by atoms with Gasteiger partial charge in [-0.1, -0.05) is 0 Å². The average molecular weight is 407 g/mol. The molecule has 2 rings (SSSR count). The first-order valence-electron chi connectivity index (χ1n) is 8.19. The molecule has 0 fully saturated rings. The SMILES string of the molecule is COC(=O)COc1cc(C(=O)Nc2sc(C)c(C)c2C(=O)OC)ccc1OC. The minimum Gasteiger partial charge on any atom is -0.493 e. The third-order valence-corrected chi connectivity index (χ3v) is 5.12. The third kappa shape index (κ3) is 4.61. The van der Waals surface area contributed by atoms with Crippen LogP contribution in [0.5, 0.6) is 11.5 Å². The van der Waals surface area contributed by atoms with Crippen molar-refractivity contribution in [1.29, 1.82) is 0 Å². The van der Waals surface area contributed by atoms with Crippen LogP contribution < -0.4 is 14.8 Å². The van der Waals surface area contributed by atoms with E-state index in [0.29, 0.717) is 16.3 Å². The maximum atomic E-state index is 12.7. The number of methoxy groups -OCH3 is 3. The summed E-state index contributed by atoms with van der Waals surface area (Å²) in [5, 5.41) is 3.14. The monoisotopic (exact) mass is 407 g/mol. The molecule has 1 amide bonds. The van der Waals surface area contributed by atoms with Crippen LogP contribution in [0.4, 0.5) is 5.00 Å². The number of carbonyl (C=O) groups is 3. The molecule has 0 atom stereocenters. The van der Waals surface area contributed by atoms with Crippen molar-refractivity contribution in [2.24, 2.45) is 0 Å². The molecule has 28 heavy (non-hydrogen) atoms. The number of aryl methyl sites for hydroxylation is 1. The number of ether oxygens (including phenoxy) is 4. The van der Waals surface area contributed by atoms with Crippen molar-refractivity contribution >= 4 is 34.2 Å². The number of benzene rings is 1. The van der Waals surface area contributed by atoms with Gasteiger partial charge in [0.1, 0.15) is 5.00 Å². The fourth-order valence-electron chi connectivity index (χ4n) is 2.36. The third-order valence-electron chi connectivity index (χ3n) is 4.00. The fourth-order valence-corrected chi connectivity index (χ4v) is 3.41. The summed E-state index contributed by atoms with van der Waals surface area (Å²) in [4.78, 5) is 36.9. The maximum Gasteiger partial charge on any atom is 0.343 e. The highest BCUT2D eigenvalue weighted by Crippen LogP contribution is 2.34. The molecule has 1 aromatic carbocycles. The minimum absolute atomic E-state index is 0.215. The zero-order valence-electron chi connectivity index (χ0n) is 16.2. The van der Waals surface area contributed by atoms with E-state index in [1.165, 1.54) is 38.7 Å². The van der Waals surface area contributed by atoms with Crippen LogP contribution in [0.2, 0.25) is 0 Å². The van der Waals surface area contributed by atoms with Gasteiger partial charge in [0.15, 0.2) is 18.1 Å². The molecule has 1 aromatic heterocycles. The average Bonchev–Trinajstić information content (AvgIpc) is 2.98. The Morgan fingerprint density at radius 3 is 2.36 bits per heavy atom. The van der Waals surface area contributed by atoms with Crippen LogP contribution in [-0.4, -0.2) is 45.8 Å². The van der Waals surface area contributed by atoms with Gasteiger partial charge in [0.05, 0.1) is 26.9 Å². The van der Waals surface area contributed by atoms with Crippen LogP contribution in [0.1, 0.15) is 31.2 Å². The van der Waals surface area contributed by atoms with Gasteiger partial charge in [-0.2, -0.15) is 0 Å². The number of thiophene rings is 1. The molecule has 0 radical (unpaired) electrons. The maximum absolute atomic E-state index is 12.7. The van der Waals surface area contributed by atoms with Gasteiger partial charge in [0.2, 0.25) is 0 Å². The fraction of sp³-hybridized carbons (Fsp3) is 0.316. The Bertz CT molecular complexity index is 904. The minimum atomic E-state index is -0.566. The summed E-state index contributed by atoms with van der Waals surface area (Å²) in [7, 11) is 3.98. The van der Waals surface area contributed by atoms with Crippen molar-refractivity contribution in [3.63, 3.8) is 0 Å². The van der Waals surface area contributed by atoms with Crippen LogP contribution >= 0.6 is 11.3 Å². The topological polar surface area (TPSA) is 100 Å². The Morgan fingerprint density at radius 2 is 1.75 bits per heavy atom. The van der Waals surface area contributed by atoms with Gasteiger partial charge in [-0.15, -0.1) is 11.3 Å². The second kappa shape index (κ2) is 9.23. The second-order valence-electron chi connectivity index (χ2n) is 5.66. The number of hydrogen-bond donors (Lipinski definition) is 1. The molecule has 0 spiro atoms. The number of nitrogens with one attached hydrogen (secondary N) is 1. The van der Waals surface area contributed by atoms with Crippen LogP contribution in [-0.2, 0) is 14.3 Å². The van der Waals surface area contributed by atoms with Crippen LogP contribution in [0.25, 0.3) is 0 Å². The number of amides is 1. The van der Waals surface area contributed by atoms with E-state index in [1.807, 2.05) is 6.92 Å². The lowest BCUT2D eigenvalue weighted by atomic mass is 10.1. The second-order valence-corrected chi connectivity index (χ2v) is 6.89.